The van der Waals surface area contributed by atoms with Crippen molar-refractivity contribution < 1.29 is 0 Å². The van der Waals surface area contributed by atoms with Gasteiger partial charge in [0.1, 0.15) is 12.3 Å². The molecule has 3 heterocycles. The normalized spacial score (nSPS) is 16.4. The molecule has 1 saturated heterocycles. The molecule has 2 N–H and O–H groups in total. The third kappa shape index (κ3) is 4.41. The van der Waals surface area contributed by atoms with E-state index in [1.54, 1.807) is 0 Å². The zero-order valence-electron chi connectivity index (χ0n) is 26.7. The molecule has 1 fully saturated rings. The monoisotopic (exact) mass is 631 g/mol. The van der Waals surface area contributed by atoms with Crippen molar-refractivity contribution in [2.24, 2.45) is 0 Å². The zero-order chi connectivity index (χ0) is 32.3. The van der Waals surface area contributed by atoms with Crippen LogP contribution in [0.3, 0.4) is 0 Å². The van der Waals surface area contributed by atoms with Crippen molar-refractivity contribution in [1.29, 1.82) is 0 Å². The summed E-state index contributed by atoms with van der Waals surface area (Å²) < 4.78 is 4.77. The number of aromatic nitrogens is 2. The minimum Gasteiger partial charge on any atom is -0.330 e. The van der Waals surface area contributed by atoms with Crippen LogP contribution in [-0.2, 0) is 0 Å². The molecule has 2 unspecified atom stereocenters. The van der Waals surface area contributed by atoms with E-state index in [0.29, 0.717) is 0 Å². The Hall–Kier alpha value is -6.14. The van der Waals surface area contributed by atoms with Gasteiger partial charge in [-0.05, 0) is 65.0 Å². The predicted octanol–water partition coefficient (Wildman–Crippen LogP) is 10.2. The second kappa shape index (κ2) is 11.2. The molecule has 9 aromatic rings. The number of rotatable bonds is 5. The summed E-state index contributed by atoms with van der Waals surface area (Å²) in [5.74, 6) is 0. The Bertz CT molecular complexity index is 2560. The highest BCUT2D eigenvalue weighted by Gasteiger charge is 2.35. The maximum Gasteiger partial charge on any atom is 0.120 e. The van der Waals surface area contributed by atoms with Crippen LogP contribution in [0, 0.1) is 0 Å². The third-order valence-electron chi connectivity index (χ3n) is 10.1. The van der Waals surface area contributed by atoms with E-state index in [0.717, 1.165) is 17.1 Å². The second-order valence-electron chi connectivity index (χ2n) is 12.8. The Labute approximate surface area is 284 Å². The van der Waals surface area contributed by atoms with Crippen LogP contribution in [-0.4, -0.2) is 9.13 Å². The van der Waals surface area contributed by atoms with E-state index >= 15 is 0 Å². The van der Waals surface area contributed by atoms with Gasteiger partial charge in [-0.1, -0.05) is 121 Å². The smallest absolute Gasteiger partial charge is 0.120 e. The molecule has 10 rings (SSSR count). The van der Waals surface area contributed by atoms with E-state index < -0.39 is 0 Å². The fraction of sp³-hybridized carbons (Fsp3) is 0.0455. The number of fused-ring (bicyclic) bond motifs is 7. The number of hydrogen-bond acceptors (Lipinski definition) is 3. The minimum atomic E-state index is -0.0354. The molecule has 5 heteroatoms. The van der Waals surface area contributed by atoms with E-state index in [1.165, 1.54) is 54.6 Å². The van der Waals surface area contributed by atoms with Gasteiger partial charge in [0, 0.05) is 44.8 Å². The second-order valence-corrected chi connectivity index (χ2v) is 12.8. The van der Waals surface area contributed by atoms with Gasteiger partial charge in [-0.2, -0.15) is 0 Å². The highest BCUT2D eigenvalue weighted by Crippen LogP contribution is 2.42. The first-order chi connectivity index (χ1) is 24.3. The number of hydrogen-bond donors (Lipinski definition) is 2. The van der Waals surface area contributed by atoms with Gasteiger partial charge in [0.15, 0.2) is 0 Å². The fourth-order valence-corrected chi connectivity index (χ4v) is 7.83. The molecular weight excluding hydrogens is 599 g/mol. The van der Waals surface area contributed by atoms with Gasteiger partial charge in [-0.3, -0.25) is 0 Å². The number of anilines is 1. The van der Waals surface area contributed by atoms with E-state index in [-0.39, 0.29) is 12.3 Å². The Morgan fingerprint density at radius 1 is 0.388 bits per heavy atom. The predicted molar refractivity (Wildman–Crippen MR) is 202 cm³/mol. The lowest BCUT2D eigenvalue weighted by atomic mass is 10.1. The molecule has 0 amide bonds. The standard InChI is InChI=1S/C44H33N5/c1-4-13-31(14-5-1)43-45-46-44(32-15-6-2-7-16-32)49(43)35-23-21-34(22-24-35)48-41-36-19-11-10-12-30(36)20-25-37(41)38-26-27-40-39(42(38)48)28-29-47(40)33-17-8-3-9-18-33/h1-29,43-46H. The van der Waals surface area contributed by atoms with Crippen LogP contribution in [0.2, 0.25) is 0 Å². The topological polar surface area (TPSA) is 37.2 Å². The SMILES string of the molecule is c1ccc(C2NNC(c3ccccc3)N2c2ccc(-n3c4c5ccccc5ccc4c4ccc5c(ccn5-c5ccccc5)c43)cc2)cc1. The summed E-state index contributed by atoms with van der Waals surface area (Å²) in [6.45, 7) is 0. The third-order valence-corrected chi connectivity index (χ3v) is 10.1. The summed E-state index contributed by atoms with van der Waals surface area (Å²) in [6.07, 6.45) is 2.13. The number of nitrogens with one attached hydrogen (secondary N) is 2. The van der Waals surface area contributed by atoms with Crippen LogP contribution >= 0.6 is 0 Å². The van der Waals surface area contributed by atoms with Gasteiger partial charge in [0.2, 0.25) is 0 Å². The van der Waals surface area contributed by atoms with Crippen molar-refractivity contribution in [3.05, 3.63) is 187 Å². The zero-order valence-corrected chi connectivity index (χ0v) is 26.7. The Morgan fingerprint density at radius 2 is 0.939 bits per heavy atom. The first-order valence-corrected chi connectivity index (χ1v) is 16.8. The van der Waals surface area contributed by atoms with E-state index in [4.69, 9.17) is 0 Å². The molecular formula is C44H33N5. The van der Waals surface area contributed by atoms with Crippen molar-refractivity contribution in [2.75, 3.05) is 4.90 Å². The first-order valence-electron chi connectivity index (χ1n) is 16.8. The average Bonchev–Trinajstić information content (AvgIpc) is 3.90. The molecule has 5 nitrogen and oxygen atoms in total. The molecule has 2 atom stereocenters. The summed E-state index contributed by atoms with van der Waals surface area (Å²) in [4.78, 5) is 2.44. The molecule has 234 valence electrons. The molecule has 0 saturated carbocycles. The largest absolute Gasteiger partial charge is 0.330 e. The number of benzene rings is 7. The Balaban J connectivity index is 1.19. The Morgan fingerprint density at radius 3 is 1.61 bits per heavy atom. The highest BCUT2D eigenvalue weighted by molar-refractivity contribution is 6.23. The van der Waals surface area contributed by atoms with Gasteiger partial charge >= 0.3 is 0 Å². The molecule has 0 radical (unpaired) electrons. The van der Waals surface area contributed by atoms with Gasteiger partial charge in [0.25, 0.3) is 0 Å². The quantitative estimate of drug-likeness (QED) is 0.199. The maximum absolute atomic E-state index is 3.59. The van der Waals surface area contributed by atoms with Gasteiger partial charge in [-0.25, -0.2) is 10.9 Å². The van der Waals surface area contributed by atoms with Crippen LogP contribution in [0.1, 0.15) is 23.5 Å². The van der Waals surface area contributed by atoms with Gasteiger partial charge in [0.05, 0.1) is 16.6 Å². The molecule has 1 aliphatic heterocycles. The van der Waals surface area contributed by atoms with Crippen molar-refractivity contribution in [3.8, 4) is 11.4 Å². The maximum atomic E-state index is 3.59. The van der Waals surface area contributed by atoms with Crippen LogP contribution < -0.4 is 15.8 Å². The van der Waals surface area contributed by atoms with Gasteiger partial charge < -0.3 is 14.0 Å². The van der Waals surface area contributed by atoms with E-state index in [2.05, 4.69) is 201 Å². The minimum absolute atomic E-state index is 0.0354. The van der Waals surface area contributed by atoms with Crippen molar-refractivity contribution in [2.45, 2.75) is 12.3 Å². The lowest BCUT2D eigenvalue weighted by Crippen LogP contribution is -2.29. The molecule has 0 spiro atoms. The summed E-state index contributed by atoms with van der Waals surface area (Å²) in [6, 6.07) is 61.1. The fourth-order valence-electron chi connectivity index (χ4n) is 7.83. The molecule has 49 heavy (non-hydrogen) atoms. The van der Waals surface area contributed by atoms with Crippen LogP contribution in [0.5, 0.6) is 0 Å². The number of para-hydroxylation sites is 1. The average molecular weight is 632 g/mol. The highest BCUT2D eigenvalue weighted by atomic mass is 15.6. The van der Waals surface area contributed by atoms with E-state index in [1.807, 2.05) is 0 Å². The van der Waals surface area contributed by atoms with Crippen molar-refractivity contribution in [1.82, 2.24) is 20.0 Å². The number of nitrogens with zero attached hydrogens (tertiary/aromatic N) is 3. The summed E-state index contributed by atoms with van der Waals surface area (Å²) in [5.41, 5.74) is 16.6. The lowest BCUT2D eigenvalue weighted by molar-refractivity contribution is 0.555. The van der Waals surface area contributed by atoms with Crippen molar-refractivity contribution in [3.63, 3.8) is 0 Å². The van der Waals surface area contributed by atoms with Crippen LogP contribution in [0.4, 0.5) is 5.69 Å². The van der Waals surface area contributed by atoms with E-state index in [9.17, 15) is 0 Å². The molecule has 0 bridgehead atoms. The molecule has 7 aromatic carbocycles. The molecule has 0 aliphatic carbocycles. The lowest BCUT2D eigenvalue weighted by Gasteiger charge is -2.31. The Kier molecular flexibility index (Phi) is 6.40. The van der Waals surface area contributed by atoms with Crippen LogP contribution in [0.15, 0.2) is 176 Å². The summed E-state index contributed by atoms with van der Waals surface area (Å²) >= 11 is 0. The first kappa shape index (κ1) is 27.9. The summed E-state index contributed by atoms with van der Waals surface area (Å²) in [7, 11) is 0. The van der Waals surface area contributed by atoms with Crippen LogP contribution in [0.25, 0.3) is 54.9 Å². The number of hydrazine groups is 1. The van der Waals surface area contributed by atoms with Crippen molar-refractivity contribution >= 4 is 49.2 Å². The molecule has 2 aromatic heterocycles. The van der Waals surface area contributed by atoms with Gasteiger partial charge in [-0.15, -0.1) is 0 Å². The molecule has 1 aliphatic rings. The summed E-state index contributed by atoms with van der Waals surface area (Å²) in [5, 5.41) is 6.22.